The Morgan fingerprint density at radius 3 is 2.02 bits per heavy atom. The van der Waals surface area contributed by atoms with E-state index in [1.165, 1.54) is 6.92 Å². The minimum atomic E-state index is -1.32. The molecule has 2 amide bonds. The largest absolute Gasteiger partial charge is 0.354 e. The van der Waals surface area contributed by atoms with Crippen LogP contribution in [0.15, 0.2) is 52.7 Å². The number of carbonyl (C=O) groups excluding carboxylic acids is 3. The van der Waals surface area contributed by atoms with Crippen molar-refractivity contribution in [1.82, 2.24) is 24.8 Å². The van der Waals surface area contributed by atoms with Crippen molar-refractivity contribution in [1.29, 1.82) is 0 Å². The molecule has 1 unspecified atom stereocenters. The van der Waals surface area contributed by atoms with Gasteiger partial charge < -0.3 is 31.1 Å². The number of Topliss-reactive ketones (excluding diaryl/α,β-unsaturated/α-hetero) is 1. The molecule has 1 aliphatic heterocycles. The van der Waals surface area contributed by atoms with Gasteiger partial charge >= 0.3 is 0 Å². The lowest BCUT2D eigenvalue weighted by Gasteiger charge is -2.18. The van der Waals surface area contributed by atoms with E-state index in [1.54, 1.807) is 30.3 Å². The summed E-state index contributed by atoms with van der Waals surface area (Å²) < 4.78 is 0. The number of ketones is 1. The molecule has 2 aromatic carbocycles. The molecule has 0 spiro atoms. The van der Waals surface area contributed by atoms with E-state index in [9.17, 15) is 14.4 Å². The van der Waals surface area contributed by atoms with Crippen LogP contribution in [0.5, 0.6) is 0 Å². The van der Waals surface area contributed by atoms with Crippen LogP contribution in [0.3, 0.4) is 0 Å². The van der Waals surface area contributed by atoms with Crippen molar-refractivity contribution >= 4 is 46.6 Å². The number of benzene rings is 2. The normalized spacial score (nSPS) is 13.1. The number of carbonyl (C=O) groups is 3. The third kappa shape index (κ3) is 11.7. The Bertz CT molecular complexity index is 1570. The number of rotatable bonds is 21. The van der Waals surface area contributed by atoms with Crippen LogP contribution < -0.4 is 21.3 Å². The van der Waals surface area contributed by atoms with E-state index < -0.39 is 17.7 Å². The summed E-state index contributed by atoms with van der Waals surface area (Å²) in [7, 11) is 0. The smallest absolute Gasteiger partial charge is 0.258 e. The third-order valence-electron chi connectivity index (χ3n) is 8.56. The molecule has 14 nitrogen and oxygen atoms in total. The molecule has 0 fully saturated rings. The number of fused-ring (bicyclic) bond motifs is 1. The lowest BCUT2D eigenvalue weighted by molar-refractivity contribution is -0.126. The van der Waals surface area contributed by atoms with Gasteiger partial charge in [0.1, 0.15) is 5.82 Å². The van der Waals surface area contributed by atoms with Gasteiger partial charge in [-0.3, -0.25) is 14.4 Å². The first-order valence-electron chi connectivity index (χ1n) is 17.6. The molecule has 0 saturated heterocycles. The molecule has 0 radical (unpaired) electrons. The number of hydrogen-bond donors (Lipinski definition) is 4. The highest BCUT2D eigenvalue weighted by Crippen LogP contribution is 2.26. The predicted octanol–water partition coefficient (Wildman–Crippen LogP) is 4.92. The molecule has 2 heterocycles. The maximum absolute atomic E-state index is 12.9. The fraction of sp³-hybridized carbons (Fsp3) is 0.500. The molecular weight excluding hydrogens is 634 g/mol. The zero-order valence-electron chi connectivity index (χ0n) is 30.0. The average molecular weight is 686 g/mol. The third-order valence-corrected chi connectivity index (χ3v) is 8.56. The second-order valence-electron chi connectivity index (χ2n) is 12.2. The highest BCUT2D eigenvalue weighted by Gasteiger charge is 2.24. The van der Waals surface area contributed by atoms with Gasteiger partial charge in [-0.1, -0.05) is 45.9 Å². The van der Waals surface area contributed by atoms with Gasteiger partial charge in [-0.25, -0.2) is 0 Å². The van der Waals surface area contributed by atoms with Crippen LogP contribution in [0, 0.1) is 0 Å². The first-order chi connectivity index (χ1) is 24.2. The Balaban J connectivity index is 1.39. The Kier molecular flexibility index (Phi) is 14.7. The summed E-state index contributed by atoms with van der Waals surface area (Å²) >= 11 is 0. The first-order valence-corrected chi connectivity index (χ1v) is 17.6. The summed E-state index contributed by atoms with van der Waals surface area (Å²) in [5.74, 6) is 0.574. The number of aromatic nitrogens is 3. The van der Waals surface area contributed by atoms with E-state index in [4.69, 9.17) is 9.97 Å². The van der Waals surface area contributed by atoms with Crippen molar-refractivity contribution in [3.05, 3.63) is 59.4 Å². The van der Waals surface area contributed by atoms with Crippen LogP contribution in [-0.2, 0) is 27.2 Å². The number of nitrogens with one attached hydrogen (secondary N) is 4. The Morgan fingerprint density at radius 1 is 0.860 bits per heavy atom. The number of nitrogens with zero attached hydrogens (tertiary/aromatic N) is 7. The van der Waals surface area contributed by atoms with Gasteiger partial charge in [0.15, 0.2) is 5.78 Å². The topological polar surface area (TPSA) is 169 Å². The highest BCUT2D eigenvalue weighted by atomic mass is 16.2. The van der Waals surface area contributed by atoms with Crippen LogP contribution in [0.4, 0.5) is 29.0 Å². The van der Waals surface area contributed by atoms with E-state index in [0.29, 0.717) is 47.6 Å². The summed E-state index contributed by atoms with van der Waals surface area (Å²) in [6.07, 6.45) is 2.73. The molecule has 268 valence electrons. The molecule has 0 aliphatic carbocycles. The van der Waals surface area contributed by atoms with Crippen molar-refractivity contribution < 1.29 is 14.4 Å². The van der Waals surface area contributed by atoms with Crippen LogP contribution in [0.25, 0.3) is 0 Å². The molecule has 50 heavy (non-hydrogen) atoms. The van der Waals surface area contributed by atoms with Crippen LogP contribution in [0.2, 0.25) is 0 Å². The molecule has 1 atom stereocenters. The van der Waals surface area contributed by atoms with Gasteiger partial charge in [-0.15, -0.1) is 0 Å². The second kappa shape index (κ2) is 19.4. The van der Waals surface area contributed by atoms with E-state index in [-0.39, 0.29) is 5.91 Å². The fourth-order valence-corrected chi connectivity index (χ4v) is 5.55. The average Bonchev–Trinajstić information content (AvgIpc) is 3.48. The predicted molar refractivity (Wildman–Crippen MR) is 197 cm³/mol. The summed E-state index contributed by atoms with van der Waals surface area (Å²) in [5.41, 5.74) is 3.40. The summed E-state index contributed by atoms with van der Waals surface area (Å²) in [4.78, 5) is 55.7. The second-order valence-corrected chi connectivity index (χ2v) is 12.2. The van der Waals surface area contributed by atoms with Gasteiger partial charge in [-0.2, -0.15) is 25.2 Å². The van der Waals surface area contributed by atoms with Crippen molar-refractivity contribution in [3.8, 4) is 0 Å². The SMILES string of the molecule is CCN(CC)CCCNc1nc(Cc2ccc(N=NC(C(C)=O)C(=O)Nc3ccc4c(c3)NC(=O)C4)cc2)nc(NCCCN(CC)CC)n1. The molecular formula is C36H51N11O3. The monoisotopic (exact) mass is 685 g/mol. The lowest BCUT2D eigenvalue weighted by atomic mass is 10.1. The molecule has 0 saturated carbocycles. The highest BCUT2D eigenvalue weighted by molar-refractivity contribution is 6.10. The van der Waals surface area contributed by atoms with Gasteiger partial charge in [0, 0.05) is 30.9 Å². The van der Waals surface area contributed by atoms with Gasteiger partial charge in [0.25, 0.3) is 5.91 Å². The van der Waals surface area contributed by atoms with Crippen molar-refractivity contribution in [2.75, 3.05) is 73.6 Å². The molecule has 0 bridgehead atoms. The first kappa shape index (κ1) is 38.0. The molecule has 1 aliphatic rings. The number of hydrogen-bond acceptors (Lipinski definition) is 12. The minimum Gasteiger partial charge on any atom is -0.354 e. The molecule has 4 rings (SSSR count). The van der Waals surface area contributed by atoms with Crippen LogP contribution >= 0.6 is 0 Å². The Hall–Kier alpha value is -4.82. The van der Waals surface area contributed by atoms with Crippen molar-refractivity contribution in [3.63, 3.8) is 0 Å². The lowest BCUT2D eigenvalue weighted by Crippen LogP contribution is -2.31. The number of azo groups is 1. The number of anilines is 4. The zero-order valence-corrected chi connectivity index (χ0v) is 30.0. The molecule has 3 aromatic rings. The van der Waals surface area contributed by atoms with Gasteiger partial charge in [0.05, 0.1) is 12.1 Å². The minimum absolute atomic E-state index is 0.101. The Morgan fingerprint density at radius 2 is 1.46 bits per heavy atom. The van der Waals surface area contributed by atoms with E-state index in [1.807, 2.05) is 12.1 Å². The van der Waals surface area contributed by atoms with Gasteiger partial charge in [0.2, 0.25) is 23.8 Å². The summed E-state index contributed by atoms with van der Waals surface area (Å²) in [6, 6.07) is 11.1. The molecule has 4 N–H and O–H groups in total. The standard InChI is InChI=1S/C36H51N11O3/c1-6-46(7-2)20-10-18-37-35-41-31(42-36(43-35)38-19-11-21-47(8-3)9-4)22-26-12-15-28(16-13-26)44-45-33(25(5)48)34(50)39-29-17-14-27-23-32(49)40-30(27)24-29/h12-17,24,33H,6-11,18-23H2,1-5H3,(H,39,50)(H,40,49)(H2,37,38,41,42,43). The van der Waals surface area contributed by atoms with Crippen LogP contribution in [-0.4, -0.2) is 101 Å². The number of amides is 2. The van der Waals surface area contributed by atoms with Crippen molar-refractivity contribution in [2.45, 2.75) is 66.3 Å². The van der Waals surface area contributed by atoms with Gasteiger partial charge in [-0.05, 0) is 94.4 Å². The Labute approximate surface area is 295 Å². The maximum atomic E-state index is 12.9. The van der Waals surface area contributed by atoms with Crippen LogP contribution in [0.1, 0.15) is 64.4 Å². The zero-order chi connectivity index (χ0) is 35.9. The van der Waals surface area contributed by atoms with Crippen molar-refractivity contribution in [2.24, 2.45) is 10.2 Å². The quantitative estimate of drug-likeness (QED) is 0.0686. The maximum Gasteiger partial charge on any atom is 0.258 e. The van der Waals surface area contributed by atoms with E-state index >= 15 is 0 Å². The molecule has 14 heteroatoms. The summed E-state index contributed by atoms with van der Waals surface area (Å²) in [5, 5.41) is 20.5. The summed E-state index contributed by atoms with van der Waals surface area (Å²) in [6.45, 7) is 17.6. The van der Waals surface area contributed by atoms with E-state index in [0.717, 1.165) is 76.3 Å². The van der Waals surface area contributed by atoms with E-state index in [2.05, 4.69) is 74.0 Å². The fourth-order valence-electron chi connectivity index (χ4n) is 5.55. The molecule has 1 aromatic heterocycles.